The molecule has 0 spiro atoms. The number of hydrogen-bond donors (Lipinski definition) is 1. The van der Waals surface area contributed by atoms with Gasteiger partial charge in [0.05, 0.1) is 12.0 Å². The second kappa shape index (κ2) is 6.51. The molecule has 0 saturated heterocycles. The van der Waals surface area contributed by atoms with Gasteiger partial charge in [-0.1, -0.05) is 12.1 Å². The lowest BCUT2D eigenvalue weighted by Crippen LogP contribution is -2.34. The second-order valence-corrected chi connectivity index (χ2v) is 9.83. The van der Waals surface area contributed by atoms with Gasteiger partial charge in [-0.05, 0) is 42.7 Å². The third kappa shape index (κ3) is 3.47. The van der Waals surface area contributed by atoms with Crippen LogP contribution < -0.4 is 5.32 Å². The molecule has 1 N–H and O–H groups in total. The Labute approximate surface area is 150 Å². The summed E-state index contributed by atoms with van der Waals surface area (Å²) >= 11 is 1.15. The molecule has 0 bridgehead atoms. The van der Waals surface area contributed by atoms with Crippen LogP contribution in [0.15, 0.2) is 40.6 Å². The number of amides is 1. The maximum Gasteiger partial charge on any atom is 0.252 e. The van der Waals surface area contributed by atoms with Crippen molar-refractivity contribution in [3.63, 3.8) is 0 Å². The summed E-state index contributed by atoms with van der Waals surface area (Å²) in [7, 11) is -0.490. The molecule has 1 amide bonds. The number of nitrogens with zero attached hydrogens (tertiary/aromatic N) is 1. The van der Waals surface area contributed by atoms with Crippen LogP contribution in [0.5, 0.6) is 0 Å². The Kier molecular flexibility index (Phi) is 4.70. The monoisotopic (exact) mass is 382 g/mol. The summed E-state index contributed by atoms with van der Waals surface area (Å²) < 4.78 is 38.6. The van der Waals surface area contributed by atoms with Crippen LogP contribution in [0.25, 0.3) is 0 Å². The van der Waals surface area contributed by atoms with Crippen molar-refractivity contribution in [1.82, 2.24) is 9.62 Å². The average molecular weight is 382 g/mol. The maximum atomic E-state index is 13.1. The Morgan fingerprint density at radius 3 is 2.40 bits per heavy atom. The van der Waals surface area contributed by atoms with E-state index in [1.165, 1.54) is 26.2 Å². The van der Waals surface area contributed by atoms with E-state index in [0.717, 1.165) is 38.9 Å². The molecule has 1 aliphatic carbocycles. The number of sulfonamides is 1. The van der Waals surface area contributed by atoms with Crippen molar-refractivity contribution in [2.45, 2.75) is 29.0 Å². The van der Waals surface area contributed by atoms with Crippen LogP contribution in [0.2, 0.25) is 0 Å². The van der Waals surface area contributed by atoms with Crippen molar-refractivity contribution in [3.05, 3.63) is 52.7 Å². The number of carbonyl (C=O) groups is 1. The SMILES string of the molecule is CN(C)S(=O)(=O)c1ccc(CNC(=O)C2(c3ccc(F)cc3)CC2)s1. The highest BCUT2D eigenvalue weighted by Crippen LogP contribution is 2.48. The van der Waals surface area contributed by atoms with Gasteiger partial charge >= 0.3 is 0 Å². The fraction of sp³-hybridized carbons (Fsp3) is 0.353. The van der Waals surface area contributed by atoms with Crippen molar-refractivity contribution >= 4 is 27.3 Å². The summed E-state index contributed by atoms with van der Waals surface area (Å²) in [5, 5.41) is 2.88. The molecule has 0 aliphatic heterocycles. The first-order chi connectivity index (χ1) is 11.8. The van der Waals surface area contributed by atoms with E-state index in [9.17, 15) is 17.6 Å². The number of thiophene rings is 1. The third-order valence-corrected chi connectivity index (χ3v) is 7.74. The molecule has 0 atom stereocenters. The lowest BCUT2D eigenvalue weighted by atomic mass is 9.95. The molecular formula is C17H19FN2O3S2. The molecule has 1 aromatic heterocycles. The van der Waals surface area contributed by atoms with E-state index in [1.807, 2.05) is 0 Å². The molecule has 0 unspecified atom stereocenters. The van der Waals surface area contributed by atoms with E-state index in [0.29, 0.717) is 0 Å². The summed E-state index contributed by atoms with van der Waals surface area (Å²) in [5.74, 6) is -0.433. The van der Waals surface area contributed by atoms with Crippen molar-refractivity contribution in [1.29, 1.82) is 0 Å². The molecule has 25 heavy (non-hydrogen) atoms. The van der Waals surface area contributed by atoms with E-state index in [2.05, 4.69) is 5.32 Å². The molecule has 1 saturated carbocycles. The highest BCUT2D eigenvalue weighted by Gasteiger charge is 2.51. The molecular weight excluding hydrogens is 363 g/mol. The van der Waals surface area contributed by atoms with Crippen LogP contribution in [0.3, 0.4) is 0 Å². The van der Waals surface area contributed by atoms with Gasteiger partial charge in [-0.25, -0.2) is 17.1 Å². The maximum absolute atomic E-state index is 13.1. The fourth-order valence-electron chi connectivity index (χ4n) is 2.65. The summed E-state index contributed by atoms with van der Waals surface area (Å²) in [6.45, 7) is 0.273. The van der Waals surface area contributed by atoms with Crippen LogP contribution in [0.4, 0.5) is 4.39 Å². The molecule has 1 aromatic carbocycles. The number of benzene rings is 1. The first-order valence-corrected chi connectivity index (χ1v) is 10.1. The van der Waals surface area contributed by atoms with Gasteiger partial charge in [0.25, 0.3) is 10.0 Å². The molecule has 1 aliphatic rings. The Morgan fingerprint density at radius 1 is 1.20 bits per heavy atom. The predicted molar refractivity (Wildman–Crippen MR) is 94.4 cm³/mol. The Bertz CT molecular complexity index is 885. The van der Waals surface area contributed by atoms with E-state index >= 15 is 0 Å². The van der Waals surface area contributed by atoms with Crippen LogP contribution in [-0.4, -0.2) is 32.7 Å². The second-order valence-electron chi connectivity index (χ2n) is 6.28. The van der Waals surface area contributed by atoms with Crippen LogP contribution in [0, 0.1) is 5.82 Å². The van der Waals surface area contributed by atoms with Crippen molar-refractivity contribution in [2.75, 3.05) is 14.1 Å². The van der Waals surface area contributed by atoms with E-state index in [4.69, 9.17) is 0 Å². The summed E-state index contributed by atoms with van der Waals surface area (Å²) in [6, 6.07) is 9.28. The molecule has 5 nitrogen and oxygen atoms in total. The molecule has 3 rings (SSSR count). The van der Waals surface area contributed by atoms with E-state index in [1.54, 1.807) is 24.3 Å². The number of nitrogens with one attached hydrogen (secondary N) is 1. The Balaban J connectivity index is 1.67. The Hall–Kier alpha value is -1.77. The minimum Gasteiger partial charge on any atom is -0.350 e. The van der Waals surface area contributed by atoms with E-state index in [-0.39, 0.29) is 22.5 Å². The molecule has 1 fully saturated rings. The van der Waals surface area contributed by atoms with Gasteiger partial charge < -0.3 is 5.32 Å². The highest BCUT2D eigenvalue weighted by molar-refractivity contribution is 7.91. The minimum absolute atomic E-state index is 0.107. The smallest absolute Gasteiger partial charge is 0.252 e. The largest absolute Gasteiger partial charge is 0.350 e. The number of carbonyl (C=O) groups excluding carboxylic acids is 1. The van der Waals surface area contributed by atoms with Gasteiger partial charge in [0.1, 0.15) is 10.0 Å². The number of rotatable bonds is 6. The van der Waals surface area contributed by atoms with Gasteiger partial charge in [0.15, 0.2) is 0 Å². The van der Waals surface area contributed by atoms with Gasteiger partial charge in [0.2, 0.25) is 5.91 Å². The van der Waals surface area contributed by atoms with E-state index < -0.39 is 15.4 Å². The highest BCUT2D eigenvalue weighted by atomic mass is 32.2. The average Bonchev–Trinajstić information content (AvgIpc) is 3.24. The van der Waals surface area contributed by atoms with Crippen LogP contribution in [-0.2, 0) is 26.8 Å². The predicted octanol–water partition coefficient (Wildman–Crippen LogP) is 2.49. The quantitative estimate of drug-likeness (QED) is 0.835. The molecule has 8 heteroatoms. The van der Waals surface area contributed by atoms with Crippen LogP contribution >= 0.6 is 11.3 Å². The standard InChI is InChI=1S/C17H19FN2O3S2/c1-20(2)25(22,23)15-8-7-14(24-15)11-19-16(21)17(9-10-17)12-3-5-13(18)6-4-12/h3-8H,9-11H2,1-2H3,(H,19,21). The zero-order valence-corrected chi connectivity index (χ0v) is 15.6. The first-order valence-electron chi connectivity index (χ1n) is 7.81. The third-order valence-electron chi connectivity index (χ3n) is 4.38. The van der Waals surface area contributed by atoms with Gasteiger partial charge in [-0.15, -0.1) is 11.3 Å². The minimum atomic E-state index is -3.45. The fourth-order valence-corrected chi connectivity index (χ4v) is 5.11. The van der Waals surface area contributed by atoms with Crippen molar-refractivity contribution < 1.29 is 17.6 Å². The Morgan fingerprint density at radius 2 is 1.84 bits per heavy atom. The van der Waals surface area contributed by atoms with Crippen molar-refractivity contribution in [3.8, 4) is 0 Å². The van der Waals surface area contributed by atoms with Crippen molar-refractivity contribution in [2.24, 2.45) is 0 Å². The van der Waals surface area contributed by atoms with Crippen LogP contribution in [0.1, 0.15) is 23.3 Å². The number of hydrogen-bond acceptors (Lipinski definition) is 4. The lowest BCUT2D eigenvalue weighted by Gasteiger charge is -2.15. The molecule has 2 aromatic rings. The zero-order chi connectivity index (χ0) is 18.2. The van der Waals surface area contributed by atoms with Gasteiger partial charge in [-0.2, -0.15) is 0 Å². The molecule has 1 heterocycles. The zero-order valence-electron chi connectivity index (χ0n) is 14.0. The van der Waals surface area contributed by atoms with Gasteiger partial charge in [-0.3, -0.25) is 4.79 Å². The summed E-state index contributed by atoms with van der Waals surface area (Å²) in [6.07, 6.45) is 1.46. The topological polar surface area (TPSA) is 66.5 Å². The molecule has 0 radical (unpaired) electrons. The summed E-state index contributed by atoms with van der Waals surface area (Å²) in [5.41, 5.74) is 0.234. The summed E-state index contributed by atoms with van der Waals surface area (Å²) in [4.78, 5) is 13.3. The normalized spacial score (nSPS) is 16.0. The number of halogens is 1. The van der Waals surface area contributed by atoms with Gasteiger partial charge in [0, 0.05) is 19.0 Å². The lowest BCUT2D eigenvalue weighted by molar-refractivity contribution is -0.123. The molecule has 134 valence electrons. The first kappa shape index (κ1) is 18.0.